The van der Waals surface area contributed by atoms with E-state index in [1.54, 1.807) is 14.0 Å². The number of para-hydroxylation sites is 1. The molecule has 1 amide bonds. The van der Waals surface area contributed by atoms with Gasteiger partial charge >= 0.3 is 5.97 Å². The fraction of sp³-hybridized carbons (Fsp3) is 0.286. The maximum absolute atomic E-state index is 12.4. The number of nitrogens with zero attached hydrogens (tertiary/aromatic N) is 1. The number of carbonyl (C=O) groups is 2. The molecule has 106 valence electrons. The number of fused-ring (bicyclic) bond motifs is 1. The molecule has 0 saturated carbocycles. The molecule has 2 rings (SSSR count). The van der Waals surface area contributed by atoms with Crippen LogP contribution in [0, 0.1) is 5.92 Å². The minimum atomic E-state index is -0.916. The van der Waals surface area contributed by atoms with Crippen molar-refractivity contribution in [2.24, 2.45) is 5.92 Å². The summed E-state index contributed by atoms with van der Waals surface area (Å²) >= 11 is 3.42. The fourth-order valence-electron chi connectivity index (χ4n) is 2.02. The maximum atomic E-state index is 12.4. The van der Waals surface area contributed by atoms with Crippen molar-refractivity contribution in [2.45, 2.75) is 6.92 Å². The van der Waals surface area contributed by atoms with Crippen LogP contribution in [0.3, 0.4) is 0 Å². The molecule has 0 aliphatic heterocycles. The summed E-state index contributed by atoms with van der Waals surface area (Å²) in [4.78, 5) is 27.7. The molecule has 1 unspecified atom stereocenters. The number of rotatable bonds is 4. The highest BCUT2D eigenvalue weighted by atomic mass is 79.9. The van der Waals surface area contributed by atoms with Crippen LogP contribution >= 0.6 is 15.9 Å². The zero-order chi connectivity index (χ0) is 14.9. The number of amides is 1. The first-order valence-electron chi connectivity index (χ1n) is 6.16. The van der Waals surface area contributed by atoms with Gasteiger partial charge in [0.1, 0.15) is 5.69 Å². The third-order valence-corrected chi connectivity index (χ3v) is 4.00. The Labute approximate surface area is 124 Å². The smallest absolute Gasteiger partial charge is 0.308 e. The number of H-pyrrole nitrogens is 1. The van der Waals surface area contributed by atoms with Crippen LogP contribution in [-0.4, -0.2) is 40.5 Å². The van der Waals surface area contributed by atoms with Gasteiger partial charge in [0, 0.05) is 24.5 Å². The number of carbonyl (C=O) groups excluding carboxylic acids is 1. The third-order valence-electron chi connectivity index (χ3n) is 3.17. The first kappa shape index (κ1) is 14.6. The Morgan fingerprint density at radius 1 is 1.40 bits per heavy atom. The van der Waals surface area contributed by atoms with Crippen molar-refractivity contribution in [2.75, 3.05) is 13.6 Å². The van der Waals surface area contributed by atoms with E-state index in [2.05, 4.69) is 20.9 Å². The number of aliphatic carboxylic acids is 1. The number of halogens is 1. The van der Waals surface area contributed by atoms with Gasteiger partial charge in [0.2, 0.25) is 0 Å². The maximum Gasteiger partial charge on any atom is 0.308 e. The highest BCUT2D eigenvalue weighted by molar-refractivity contribution is 9.10. The highest BCUT2D eigenvalue weighted by Crippen LogP contribution is 2.28. The number of hydrogen-bond acceptors (Lipinski definition) is 2. The van der Waals surface area contributed by atoms with Gasteiger partial charge in [-0.25, -0.2) is 0 Å². The standard InChI is InChI=1S/C14H15BrN2O3/c1-8(14(19)20)7-17(2)13(18)12-11(15)9-5-3-4-6-10(9)16-12/h3-6,8,16H,7H2,1-2H3,(H,19,20). The molecular formula is C14H15BrN2O3. The number of nitrogens with one attached hydrogen (secondary N) is 1. The second kappa shape index (κ2) is 5.66. The van der Waals surface area contributed by atoms with Gasteiger partial charge in [-0.1, -0.05) is 25.1 Å². The summed E-state index contributed by atoms with van der Waals surface area (Å²) in [5.41, 5.74) is 1.30. The molecule has 1 heterocycles. The van der Waals surface area contributed by atoms with E-state index in [4.69, 9.17) is 5.11 Å². The Bertz CT molecular complexity index is 665. The van der Waals surface area contributed by atoms with Crippen LogP contribution in [0.5, 0.6) is 0 Å². The molecule has 0 radical (unpaired) electrons. The lowest BCUT2D eigenvalue weighted by Gasteiger charge is -2.19. The molecule has 6 heteroatoms. The minimum absolute atomic E-state index is 0.163. The average molecular weight is 339 g/mol. The summed E-state index contributed by atoms with van der Waals surface area (Å²) < 4.78 is 0.702. The van der Waals surface area contributed by atoms with Crippen molar-refractivity contribution >= 4 is 38.7 Å². The molecular weight excluding hydrogens is 324 g/mol. The molecule has 0 spiro atoms. The van der Waals surface area contributed by atoms with E-state index in [1.807, 2.05) is 24.3 Å². The number of aromatic amines is 1. The van der Waals surface area contributed by atoms with Crippen LogP contribution in [0.15, 0.2) is 28.7 Å². The van der Waals surface area contributed by atoms with Crippen LogP contribution < -0.4 is 0 Å². The van der Waals surface area contributed by atoms with E-state index < -0.39 is 11.9 Å². The van der Waals surface area contributed by atoms with Crippen molar-refractivity contribution in [3.8, 4) is 0 Å². The molecule has 0 aliphatic rings. The lowest BCUT2D eigenvalue weighted by Crippen LogP contribution is -2.34. The van der Waals surface area contributed by atoms with Gasteiger partial charge in [-0.3, -0.25) is 9.59 Å². The molecule has 1 aromatic heterocycles. The summed E-state index contributed by atoms with van der Waals surface area (Å²) in [7, 11) is 1.60. The quantitative estimate of drug-likeness (QED) is 0.900. The van der Waals surface area contributed by atoms with Crippen LogP contribution in [0.4, 0.5) is 0 Å². The predicted octanol–water partition coefficient (Wildman–Crippen LogP) is 2.72. The molecule has 0 aliphatic carbocycles. The third kappa shape index (κ3) is 2.70. The molecule has 5 nitrogen and oxygen atoms in total. The van der Waals surface area contributed by atoms with E-state index in [1.165, 1.54) is 4.90 Å². The SMILES string of the molecule is CC(CN(C)C(=O)c1[nH]c2ccccc2c1Br)C(=O)O. The summed E-state index contributed by atoms with van der Waals surface area (Å²) in [6.45, 7) is 1.74. The van der Waals surface area contributed by atoms with Crippen LogP contribution in [-0.2, 0) is 4.79 Å². The van der Waals surface area contributed by atoms with Crippen molar-refractivity contribution < 1.29 is 14.7 Å². The summed E-state index contributed by atoms with van der Waals surface area (Å²) in [6.07, 6.45) is 0. The van der Waals surface area contributed by atoms with Gasteiger partial charge in [0.25, 0.3) is 5.91 Å². The number of hydrogen-bond donors (Lipinski definition) is 2. The van der Waals surface area contributed by atoms with E-state index in [9.17, 15) is 9.59 Å². The van der Waals surface area contributed by atoms with Crippen LogP contribution in [0.25, 0.3) is 10.9 Å². The second-order valence-corrected chi connectivity index (χ2v) is 5.58. The number of carboxylic acids is 1. The lowest BCUT2D eigenvalue weighted by atomic mass is 10.1. The van der Waals surface area contributed by atoms with Gasteiger partial charge in [0.05, 0.1) is 10.4 Å². The van der Waals surface area contributed by atoms with E-state index in [0.717, 1.165) is 10.9 Å². The topological polar surface area (TPSA) is 73.4 Å². The Balaban J connectivity index is 2.27. The molecule has 0 saturated heterocycles. The van der Waals surface area contributed by atoms with E-state index in [0.29, 0.717) is 10.2 Å². The summed E-state index contributed by atoms with van der Waals surface area (Å²) in [6, 6.07) is 7.57. The van der Waals surface area contributed by atoms with Gasteiger partial charge in [-0.15, -0.1) is 0 Å². The molecule has 0 fully saturated rings. The molecule has 0 bridgehead atoms. The molecule has 1 aromatic carbocycles. The van der Waals surface area contributed by atoms with Crippen molar-refractivity contribution in [3.05, 3.63) is 34.4 Å². The molecule has 1 atom stereocenters. The van der Waals surface area contributed by atoms with Crippen molar-refractivity contribution in [3.63, 3.8) is 0 Å². The molecule has 20 heavy (non-hydrogen) atoms. The summed E-state index contributed by atoms with van der Waals surface area (Å²) in [5.74, 6) is -1.76. The largest absolute Gasteiger partial charge is 0.481 e. The Hall–Kier alpha value is -1.82. The minimum Gasteiger partial charge on any atom is -0.481 e. The zero-order valence-corrected chi connectivity index (χ0v) is 12.8. The fourth-order valence-corrected chi connectivity index (χ4v) is 2.63. The molecule has 2 aromatic rings. The highest BCUT2D eigenvalue weighted by Gasteiger charge is 2.22. The number of benzene rings is 1. The second-order valence-electron chi connectivity index (χ2n) is 4.78. The number of aromatic nitrogens is 1. The Morgan fingerprint density at radius 2 is 2.05 bits per heavy atom. The Morgan fingerprint density at radius 3 is 2.65 bits per heavy atom. The molecule has 2 N–H and O–H groups in total. The lowest BCUT2D eigenvalue weighted by molar-refractivity contribution is -0.141. The van der Waals surface area contributed by atoms with Crippen molar-refractivity contribution in [1.82, 2.24) is 9.88 Å². The van der Waals surface area contributed by atoms with Gasteiger partial charge in [-0.2, -0.15) is 0 Å². The van der Waals surface area contributed by atoms with E-state index >= 15 is 0 Å². The number of carboxylic acid groups (broad SMARTS) is 1. The van der Waals surface area contributed by atoms with Gasteiger partial charge in [0.15, 0.2) is 0 Å². The van der Waals surface area contributed by atoms with Crippen molar-refractivity contribution in [1.29, 1.82) is 0 Å². The monoisotopic (exact) mass is 338 g/mol. The van der Waals surface area contributed by atoms with E-state index in [-0.39, 0.29) is 12.5 Å². The first-order valence-corrected chi connectivity index (χ1v) is 6.95. The predicted molar refractivity (Wildman–Crippen MR) is 79.8 cm³/mol. The van der Waals surface area contributed by atoms with Crippen LogP contribution in [0.2, 0.25) is 0 Å². The van der Waals surface area contributed by atoms with Crippen LogP contribution in [0.1, 0.15) is 17.4 Å². The van der Waals surface area contributed by atoms with Gasteiger partial charge < -0.3 is 15.0 Å². The average Bonchev–Trinajstić information content (AvgIpc) is 2.75. The zero-order valence-electron chi connectivity index (χ0n) is 11.2. The normalized spacial score (nSPS) is 12.3. The van der Waals surface area contributed by atoms with Gasteiger partial charge in [-0.05, 0) is 22.0 Å². The Kier molecular flexibility index (Phi) is 4.13. The first-order chi connectivity index (χ1) is 9.41. The summed E-state index contributed by atoms with van der Waals surface area (Å²) in [5, 5.41) is 9.82.